The van der Waals surface area contributed by atoms with E-state index < -0.39 is 0 Å². The first-order valence-electron chi connectivity index (χ1n) is 12.8. The summed E-state index contributed by atoms with van der Waals surface area (Å²) in [5, 5.41) is 3.03. The summed E-state index contributed by atoms with van der Waals surface area (Å²) in [4.78, 5) is 32.0. The molecule has 2 amide bonds. The van der Waals surface area contributed by atoms with Crippen LogP contribution in [0, 0.1) is 11.8 Å². The predicted molar refractivity (Wildman–Crippen MR) is 145 cm³/mol. The molecule has 4 rings (SSSR count). The van der Waals surface area contributed by atoms with Gasteiger partial charge in [0.15, 0.2) is 0 Å². The van der Waals surface area contributed by atoms with E-state index in [4.69, 9.17) is 0 Å². The number of aryl methyl sites for hydroxylation is 1. The van der Waals surface area contributed by atoms with E-state index in [0.29, 0.717) is 11.4 Å². The van der Waals surface area contributed by atoms with Crippen LogP contribution in [0.25, 0.3) is 6.08 Å². The molecule has 1 saturated heterocycles. The molecule has 5 nitrogen and oxygen atoms in total. The summed E-state index contributed by atoms with van der Waals surface area (Å²) in [6.45, 7) is 10.7. The second-order valence-corrected chi connectivity index (χ2v) is 11.1. The van der Waals surface area contributed by atoms with E-state index in [2.05, 4.69) is 43.1 Å². The highest BCUT2D eigenvalue weighted by molar-refractivity contribution is 8.04. The van der Waals surface area contributed by atoms with Gasteiger partial charge in [-0.05, 0) is 67.0 Å². The fraction of sp³-hybridized carbons (Fsp3) is 0.448. The standard InChI is InChI=1S/C29H37N3O2S/c1-4-23-10-12-24(13-11-23)17-27-29(34)32(25-8-5-6-9-26(25)35-27)20-28(33)30-14-7-15-31-18-21(2)16-22(3)19-31/h5-6,8-13,17,21-22H,4,7,14-16,18-20H2,1-3H3,(H,30,33)/b27-17+/t21-,22-/m0/s1. The van der Waals surface area contributed by atoms with E-state index >= 15 is 0 Å². The van der Waals surface area contributed by atoms with Crippen molar-refractivity contribution in [3.63, 3.8) is 0 Å². The number of piperidine rings is 1. The first-order valence-corrected chi connectivity index (χ1v) is 13.6. The number of rotatable bonds is 8. The number of fused-ring (bicyclic) bond motifs is 1. The smallest absolute Gasteiger partial charge is 0.265 e. The normalized spacial score (nSPS) is 21.7. The lowest BCUT2D eigenvalue weighted by Crippen LogP contribution is -2.43. The van der Waals surface area contributed by atoms with Crippen molar-refractivity contribution < 1.29 is 9.59 Å². The lowest BCUT2D eigenvalue weighted by Gasteiger charge is -2.35. The van der Waals surface area contributed by atoms with Gasteiger partial charge in [0.2, 0.25) is 5.91 Å². The van der Waals surface area contributed by atoms with Crippen LogP contribution in [0.1, 0.15) is 44.7 Å². The molecule has 0 spiro atoms. The number of carbonyl (C=O) groups is 2. The maximum atomic E-state index is 13.4. The molecular formula is C29H37N3O2S. The fourth-order valence-electron chi connectivity index (χ4n) is 5.12. The first-order chi connectivity index (χ1) is 16.9. The molecule has 2 atom stereocenters. The molecule has 0 aromatic heterocycles. The summed E-state index contributed by atoms with van der Waals surface area (Å²) < 4.78 is 0. The summed E-state index contributed by atoms with van der Waals surface area (Å²) in [7, 11) is 0. The minimum absolute atomic E-state index is 0.0281. The summed E-state index contributed by atoms with van der Waals surface area (Å²) >= 11 is 1.47. The number of anilines is 1. The highest BCUT2D eigenvalue weighted by Crippen LogP contribution is 2.41. The molecule has 35 heavy (non-hydrogen) atoms. The molecular weight excluding hydrogens is 454 g/mol. The number of carbonyl (C=O) groups excluding carboxylic acids is 2. The number of likely N-dealkylation sites (tertiary alicyclic amines) is 1. The van der Waals surface area contributed by atoms with Gasteiger partial charge in [0, 0.05) is 24.5 Å². The number of benzene rings is 2. The maximum absolute atomic E-state index is 13.4. The quantitative estimate of drug-likeness (QED) is 0.407. The van der Waals surface area contributed by atoms with Gasteiger partial charge in [0.05, 0.1) is 10.6 Å². The van der Waals surface area contributed by atoms with Gasteiger partial charge >= 0.3 is 0 Å². The predicted octanol–water partition coefficient (Wildman–Crippen LogP) is 5.21. The summed E-state index contributed by atoms with van der Waals surface area (Å²) in [5.74, 6) is 1.23. The fourth-order valence-corrected chi connectivity index (χ4v) is 6.18. The Morgan fingerprint density at radius 3 is 2.51 bits per heavy atom. The average Bonchev–Trinajstić information content (AvgIpc) is 2.84. The minimum atomic E-state index is -0.125. The van der Waals surface area contributed by atoms with Crippen molar-refractivity contribution in [1.82, 2.24) is 10.2 Å². The number of nitrogens with one attached hydrogen (secondary N) is 1. The molecule has 1 N–H and O–H groups in total. The Bertz CT molecular complexity index is 1060. The average molecular weight is 492 g/mol. The Morgan fingerprint density at radius 1 is 1.09 bits per heavy atom. The van der Waals surface area contributed by atoms with Crippen LogP contribution in [0.2, 0.25) is 0 Å². The second kappa shape index (κ2) is 11.9. The zero-order valence-electron chi connectivity index (χ0n) is 21.1. The van der Waals surface area contributed by atoms with Gasteiger partial charge in [-0.15, -0.1) is 0 Å². The van der Waals surface area contributed by atoms with E-state index in [1.807, 2.05) is 42.5 Å². The van der Waals surface area contributed by atoms with Crippen molar-refractivity contribution >= 4 is 35.3 Å². The van der Waals surface area contributed by atoms with E-state index in [1.165, 1.54) is 23.7 Å². The molecule has 2 aromatic carbocycles. The third-order valence-electron chi connectivity index (χ3n) is 6.74. The molecule has 0 unspecified atom stereocenters. The van der Waals surface area contributed by atoms with E-state index in [9.17, 15) is 9.59 Å². The molecule has 0 radical (unpaired) electrons. The Hall–Kier alpha value is -2.57. The van der Waals surface area contributed by atoms with E-state index in [0.717, 1.165) is 60.5 Å². The second-order valence-electron chi connectivity index (χ2n) is 9.97. The molecule has 2 heterocycles. The topological polar surface area (TPSA) is 52.7 Å². The van der Waals surface area contributed by atoms with Gasteiger partial charge < -0.3 is 10.2 Å². The van der Waals surface area contributed by atoms with Crippen molar-refractivity contribution in [2.45, 2.75) is 44.9 Å². The van der Waals surface area contributed by atoms with Crippen molar-refractivity contribution in [3.8, 4) is 0 Å². The first kappa shape index (κ1) is 25.5. The van der Waals surface area contributed by atoms with Crippen LogP contribution in [0.4, 0.5) is 5.69 Å². The van der Waals surface area contributed by atoms with Gasteiger partial charge in [-0.25, -0.2) is 0 Å². The van der Waals surface area contributed by atoms with Crippen LogP contribution in [-0.4, -0.2) is 49.4 Å². The molecule has 0 aliphatic carbocycles. The van der Waals surface area contributed by atoms with Gasteiger partial charge in [-0.1, -0.05) is 68.9 Å². The minimum Gasteiger partial charge on any atom is -0.355 e. The number of para-hydroxylation sites is 1. The van der Waals surface area contributed by atoms with Crippen molar-refractivity contribution in [2.75, 3.05) is 37.6 Å². The van der Waals surface area contributed by atoms with Crippen LogP contribution in [0.5, 0.6) is 0 Å². The molecule has 0 bridgehead atoms. The van der Waals surface area contributed by atoms with Gasteiger partial charge in [0.25, 0.3) is 5.91 Å². The molecule has 1 fully saturated rings. The summed E-state index contributed by atoms with van der Waals surface area (Å²) in [5.41, 5.74) is 3.05. The third kappa shape index (κ3) is 6.77. The SMILES string of the molecule is CCc1ccc(/C=C2/Sc3ccccc3N(CC(=O)NCCCN3C[C@@H](C)C[C@H](C)C3)C2=O)cc1. The number of hydrogen-bond donors (Lipinski definition) is 1. The van der Waals surface area contributed by atoms with Crippen LogP contribution in [0.15, 0.2) is 58.3 Å². The molecule has 2 aliphatic heterocycles. The zero-order chi connectivity index (χ0) is 24.8. The van der Waals surface area contributed by atoms with Crippen LogP contribution in [-0.2, 0) is 16.0 Å². The van der Waals surface area contributed by atoms with E-state index in [1.54, 1.807) is 4.90 Å². The van der Waals surface area contributed by atoms with Crippen molar-refractivity contribution in [2.24, 2.45) is 11.8 Å². The molecule has 2 aromatic rings. The Morgan fingerprint density at radius 2 is 1.80 bits per heavy atom. The lowest BCUT2D eigenvalue weighted by atomic mass is 9.92. The largest absolute Gasteiger partial charge is 0.355 e. The van der Waals surface area contributed by atoms with Gasteiger partial charge in [-0.3, -0.25) is 14.5 Å². The number of amides is 2. The van der Waals surface area contributed by atoms with Crippen molar-refractivity contribution in [3.05, 3.63) is 64.6 Å². The van der Waals surface area contributed by atoms with Crippen LogP contribution >= 0.6 is 11.8 Å². The monoisotopic (exact) mass is 491 g/mol. The molecule has 6 heteroatoms. The number of nitrogens with zero attached hydrogens (tertiary/aromatic N) is 2. The highest BCUT2D eigenvalue weighted by atomic mass is 32.2. The number of thioether (sulfide) groups is 1. The Kier molecular flexibility index (Phi) is 8.69. The zero-order valence-corrected chi connectivity index (χ0v) is 21.9. The highest BCUT2D eigenvalue weighted by Gasteiger charge is 2.30. The van der Waals surface area contributed by atoms with Crippen LogP contribution < -0.4 is 10.2 Å². The summed E-state index contributed by atoms with van der Waals surface area (Å²) in [6.07, 6.45) is 5.13. The Labute approximate surface area is 214 Å². The number of hydrogen-bond acceptors (Lipinski definition) is 4. The summed E-state index contributed by atoms with van der Waals surface area (Å²) in [6, 6.07) is 16.1. The molecule has 186 valence electrons. The van der Waals surface area contributed by atoms with Gasteiger partial charge in [-0.2, -0.15) is 0 Å². The van der Waals surface area contributed by atoms with Crippen molar-refractivity contribution in [1.29, 1.82) is 0 Å². The molecule has 0 saturated carbocycles. The molecule has 2 aliphatic rings. The maximum Gasteiger partial charge on any atom is 0.265 e. The lowest BCUT2D eigenvalue weighted by molar-refractivity contribution is -0.122. The van der Waals surface area contributed by atoms with Gasteiger partial charge in [0.1, 0.15) is 6.54 Å². The van der Waals surface area contributed by atoms with E-state index in [-0.39, 0.29) is 18.4 Å². The Balaban J connectivity index is 1.37. The van der Waals surface area contributed by atoms with Crippen LogP contribution in [0.3, 0.4) is 0 Å². The third-order valence-corrected chi connectivity index (χ3v) is 7.81.